The van der Waals surface area contributed by atoms with Crippen molar-refractivity contribution in [1.82, 2.24) is 10.3 Å². The zero-order chi connectivity index (χ0) is 20.0. The van der Waals surface area contributed by atoms with Gasteiger partial charge in [-0.1, -0.05) is 12.1 Å². The van der Waals surface area contributed by atoms with Crippen LogP contribution in [0.3, 0.4) is 0 Å². The van der Waals surface area contributed by atoms with Gasteiger partial charge in [0, 0.05) is 17.0 Å². The van der Waals surface area contributed by atoms with Crippen molar-refractivity contribution >= 4 is 33.6 Å². The standard InChI is InChI=1S/C15H19N3O3S2.CH3NO/c1-10-4-5-11(15(2,3)13-17-6-7-22-13)8-12(10)23(20,21)9-18-14(16)19;2-1-3/h4-8H,9H2,1-3H3,(H3,16,18,19);1H,(H2,2,3). The quantitative estimate of drug-likeness (QED) is 0.650. The molecule has 26 heavy (non-hydrogen) atoms. The van der Waals surface area contributed by atoms with Crippen LogP contribution in [-0.2, 0) is 20.0 Å². The Labute approximate surface area is 156 Å². The van der Waals surface area contributed by atoms with Gasteiger partial charge in [-0.25, -0.2) is 18.2 Å². The van der Waals surface area contributed by atoms with Crippen LogP contribution in [0.1, 0.15) is 30.0 Å². The molecule has 1 aromatic carbocycles. The number of nitrogens with zero attached hydrogens (tertiary/aromatic N) is 1. The highest BCUT2D eigenvalue weighted by Crippen LogP contribution is 2.34. The van der Waals surface area contributed by atoms with Gasteiger partial charge in [-0.05, 0) is 38.0 Å². The zero-order valence-electron chi connectivity index (χ0n) is 14.7. The SMILES string of the molecule is Cc1ccc(C(C)(C)c2nccs2)cc1S(=O)(=O)CNC(N)=O.NC=O. The van der Waals surface area contributed by atoms with Crippen molar-refractivity contribution in [2.75, 3.05) is 5.88 Å². The predicted octanol–water partition coefficient (Wildman–Crippen LogP) is 1.28. The number of benzene rings is 1. The molecule has 142 valence electrons. The molecule has 0 fully saturated rings. The van der Waals surface area contributed by atoms with Gasteiger partial charge in [0.15, 0.2) is 9.84 Å². The van der Waals surface area contributed by atoms with E-state index in [1.165, 1.54) is 11.3 Å². The smallest absolute Gasteiger partial charge is 0.313 e. The fraction of sp³-hybridized carbons (Fsp3) is 0.312. The lowest BCUT2D eigenvalue weighted by Crippen LogP contribution is -2.34. The molecule has 0 aliphatic rings. The highest BCUT2D eigenvalue weighted by Gasteiger charge is 2.28. The lowest BCUT2D eigenvalue weighted by molar-refractivity contribution is -0.106. The number of carbonyl (C=O) groups excluding carboxylic acids is 2. The van der Waals surface area contributed by atoms with Crippen LogP contribution in [0.2, 0.25) is 0 Å². The first-order chi connectivity index (χ1) is 12.1. The van der Waals surface area contributed by atoms with Crippen molar-refractivity contribution in [3.63, 3.8) is 0 Å². The summed E-state index contributed by atoms with van der Waals surface area (Å²) in [6.07, 6.45) is 1.98. The highest BCUT2D eigenvalue weighted by atomic mass is 32.2. The summed E-state index contributed by atoms with van der Waals surface area (Å²) in [4.78, 5) is 23.9. The molecule has 0 bridgehead atoms. The van der Waals surface area contributed by atoms with Crippen molar-refractivity contribution in [3.8, 4) is 0 Å². The van der Waals surface area contributed by atoms with Crippen molar-refractivity contribution < 1.29 is 18.0 Å². The number of rotatable bonds is 5. The molecule has 1 heterocycles. The largest absolute Gasteiger partial charge is 0.372 e. The number of aryl methyl sites for hydroxylation is 1. The molecule has 0 unspecified atom stereocenters. The first-order valence-corrected chi connectivity index (χ1v) is 10.0. The van der Waals surface area contributed by atoms with Crippen LogP contribution in [0.5, 0.6) is 0 Å². The summed E-state index contributed by atoms with van der Waals surface area (Å²) >= 11 is 1.52. The summed E-state index contributed by atoms with van der Waals surface area (Å²) in [5.41, 5.74) is 10.2. The van der Waals surface area contributed by atoms with Crippen LogP contribution >= 0.6 is 11.3 Å². The Hall–Kier alpha value is -2.46. The molecule has 3 amide bonds. The molecule has 2 aromatic rings. The maximum atomic E-state index is 12.4. The second kappa shape index (κ2) is 8.77. The van der Waals surface area contributed by atoms with Gasteiger partial charge in [0.2, 0.25) is 6.41 Å². The van der Waals surface area contributed by atoms with Gasteiger partial charge in [0.1, 0.15) is 10.9 Å². The molecular formula is C16H22N4O4S2. The normalized spacial score (nSPS) is 11.2. The maximum absolute atomic E-state index is 12.4. The number of thiazole rings is 1. The number of urea groups is 1. The van der Waals surface area contributed by atoms with Crippen LogP contribution in [-0.4, -0.2) is 31.7 Å². The van der Waals surface area contributed by atoms with E-state index >= 15 is 0 Å². The third-order valence-electron chi connectivity index (χ3n) is 3.65. The molecule has 0 spiro atoms. The molecule has 0 aliphatic carbocycles. The lowest BCUT2D eigenvalue weighted by Gasteiger charge is -2.24. The second-order valence-electron chi connectivity index (χ2n) is 5.88. The van der Waals surface area contributed by atoms with Crippen molar-refractivity contribution in [2.45, 2.75) is 31.1 Å². The molecule has 0 aliphatic heterocycles. The van der Waals surface area contributed by atoms with Gasteiger partial charge < -0.3 is 16.8 Å². The Morgan fingerprint density at radius 1 is 1.38 bits per heavy atom. The number of nitrogens with one attached hydrogen (secondary N) is 1. The molecule has 5 N–H and O–H groups in total. The summed E-state index contributed by atoms with van der Waals surface area (Å²) < 4.78 is 24.9. The van der Waals surface area contributed by atoms with Crippen LogP contribution in [0.25, 0.3) is 0 Å². The Kier molecular flexibility index (Phi) is 7.28. The van der Waals surface area contributed by atoms with E-state index in [9.17, 15) is 13.2 Å². The van der Waals surface area contributed by atoms with E-state index < -0.39 is 27.2 Å². The van der Waals surface area contributed by atoms with Crippen LogP contribution in [0, 0.1) is 6.92 Å². The molecule has 0 radical (unpaired) electrons. The predicted molar refractivity (Wildman–Crippen MR) is 100 cm³/mol. The van der Waals surface area contributed by atoms with Gasteiger partial charge in [-0.15, -0.1) is 11.3 Å². The number of nitrogens with two attached hydrogens (primary N) is 2. The molecular weight excluding hydrogens is 376 g/mol. The lowest BCUT2D eigenvalue weighted by atomic mass is 9.85. The summed E-state index contributed by atoms with van der Waals surface area (Å²) in [6, 6.07) is 4.44. The van der Waals surface area contributed by atoms with E-state index in [2.05, 4.69) is 16.0 Å². The highest BCUT2D eigenvalue weighted by molar-refractivity contribution is 7.91. The minimum absolute atomic E-state index is 0.188. The van der Waals surface area contributed by atoms with Crippen LogP contribution in [0.15, 0.2) is 34.7 Å². The van der Waals surface area contributed by atoms with E-state index in [-0.39, 0.29) is 11.3 Å². The van der Waals surface area contributed by atoms with E-state index in [1.807, 2.05) is 25.3 Å². The van der Waals surface area contributed by atoms with Crippen molar-refractivity contribution in [2.24, 2.45) is 11.5 Å². The zero-order valence-corrected chi connectivity index (χ0v) is 16.4. The molecule has 0 saturated carbocycles. The Balaban J connectivity index is 0.00000105. The van der Waals surface area contributed by atoms with E-state index in [0.29, 0.717) is 5.56 Å². The average molecular weight is 399 g/mol. The number of primary amides is 2. The third kappa shape index (κ3) is 5.27. The van der Waals surface area contributed by atoms with Crippen LogP contribution < -0.4 is 16.8 Å². The number of hydrogen-bond acceptors (Lipinski definition) is 6. The molecule has 10 heteroatoms. The van der Waals surface area contributed by atoms with Gasteiger partial charge >= 0.3 is 6.03 Å². The molecule has 0 atom stereocenters. The van der Waals surface area contributed by atoms with E-state index in [1.54, 1.807) is 25.3 Å². The molecule has 1 aromatic heterocycles. The van der Waals surface area contributed by atoms with Gasteiger partial charge in [0.25, 0.3) is 0 Å². The minimum atomic E-state index is -3.67. The Bertz CT molecular complexity index is 862. The second-order valence-corrected chi connectivity index (χ2v) is 8.73. The summed E-state index contributed by atoms with van der Waals surface area (Å²) in [7, 11) is -3.67. The van der Waals surface area contributed by atoms with Crippen molar-refractivity contribution in [3.05, 3.63) is 45.9 Å². The Morgan fingerprint density at radius 3 is 2.50 bits per heavy atom. The number of hydrogen-bond donors (Lipinski definition) is 3. The summed E-state index contributed by atoms with van der Waals surface area (Å²) in [6.45, 7) is 5.71. The van der Waals surface area contributed by atoms with E-state index in [0.717, 1.165) is 10.6 Å². The first-order valence-electron chi connectivity index (χ1n) is 7.48. The minimum Gasteiger partial charge on any atom is -0.372 e. The van der Waals surface area contributed by atoms with Gasteiger partial charge in [0.05, 0.1) is 4.90 Å². The van der Waals surface area contributed by atoms with Gasteiger partial charge in [-0.3, -0.25) is 4.79 Å². The fourth-order valence-electron chi connectivity index (χ4n) is 2.22. The van der Waals surface area contributed by atoms with E-state index in [4.69, 9.17) is 10.5 Å². The fourth-order valence-corrected chi connectivity index (χ4v) is 4.36. The molecule has 8 nitrogen and oxygen atoms in total. The summed E-state index contributed by atoms with van der Waals surface area (Å²) in [5.74, 6) is -0.524. The third-order valence-corrected chi connectivity index (χ3v) is 6.38. The van der Waals surface area contributed by atoms with Crippen LogP contribution in [0.4, 0.5) is 4.79 Å². The topological polar surface area (TPSA) is 145 Å². The number of carbonyl (C=O) groups is 2. The maximum Gasteiger partial charge on any atom is 0.313 e. The number of amides is 3. The van der Waals surface area contributed by atoms with Gasteiger partial charge in [-0.2, -0.15) is 0 Å². The van der Waals surface area contributed by atoms with Crippen molar-refractivity contribution in [1.29, 1.82) is 0 Å². The molecule has 0 saturated heterocycles. The number of aromatic nitrogens is 1. The molecule has 2 rings (SSSR count). The monoisotopic (exact) mass is 398 g/mol. The Morgan fingerprint density at radius 2 is 2.00 bits per heavy atom. The average Bonchev–Trinajstić information content (AvgIpc) is 3.09. The number of sulfone groups is 1. The first kappa shape index (κ1) is 21.6. The summed E-state index contributed by atoms with van der Waals surface area (Å²) in [5, 5.41) is 4.93.